The molecule has 1 heterocycles. The number of unbranched alkanes of at least 4 members (excludes halogenated alkanes) is 1. The molecule has 1 rings (SSSR count). The molecular weight excluding hydrogens is 194 g/mol. The fourth-order valence-corrected chi connectivity index (χ4v) is 1.96. The normalized spacial score (nSPS) is 19.8. The summed E-state index contributed by atoms with van der Waals surface area (Å²) < 4.78 is 0. The van der Waals surface area contributed by atoms with Crippen molar-refractivity contribution in [2.45, 2.75) is 19.8 Å². The lowest BCUT2D eigenvalue weighted by molar-refractivity contribution is 0.144. The third kappa shape index (κ3) is 4.35. The van der Waals surface area contributed by atoms with Crippen LogP contribution in [-0.2, 0) is 0 Å². The van der Waals surface area contributed by atoms with Crippen molar-refractivity contribution in [1.29, 1.82) is 0 Å². The molecule has 0 saturated carbocycles. The zero-order valence-electron chi connectivity index (χ0n) is 9.04. The standard InChI is InChI=1S/C10H21N3S/c1-2-3-4-12-5-7-13(8-6-12)9-10(11)14/h2-9H2,1H3,(H2,11,14). The molecule has 0 atom stereocenters. The Labute approximate surface area is 92.2 Å². The van der Waals surface area contributed by atoms with E-state index in [2.05, 4.69) is 16.7 Å². The lowest BCUT2D eigenvalue weighted by Crippen LogP contribution is -2.48. The number of hydrogen-bond donors (Lipinski definition) is 1. The van der Waals surface area contributed by atoms with E-state index in [9.17, 15) is 0 Å². The van der Waals surface area contributed by atoms with Crippen molar-refractivity contribution >= 4 is 17.2 Å². The van der Waals surface area contributed by atoms with Crippen molar-refractivity contribution in [2.24, 2.45) is 5.73 Å². The minimum atomic E-state index is 0.618. The molecule has 4 heteroatoms. The largest absolute Gasteiger partial charge is 0.392 e. The Balaban J connectivity index is 2.14. The predicted octanol–water partition coefficient (Wildman–Crippen LogP) is 0.690. The van der Waals surface area contributed by atoms with E-state index in [0.717, 1.165) is 19.6 Å². The van der Waals surface area contributed by atoms with Crippen LogP contribution in [0.1, 0.15) is 19.8 Å². The summed E-state index contributed by atoms with van der Waals surface area (Å²) in [6.45, 7) is 8.84. The molecule has 82 valence electrons. The molecular formula is C10H21N3S. The van der Waals surface area contributed by atoms with Crippen LogP contribution in [0.25, 0.3) is 0 Å². The van der Waals surface area contributed by atoms with Gasteiger partial charge in [-0.05, 0) is 13.0 Å². The first-order valence-corrected chi connectivity index (χ1v) is 5.86. The van der Waals surface area contributed by atoms with Gasteiger partial charge < -0.3 is 10.6 Å². The second-order valence-electron chi connectivity index (χ2n) is 3.94. The summed E-state index contributed by atoms with van der Waals surface area (Å²) in [6, 6.07) is 0. The highest BCUT2D eigenvalue weighted by Crippen LogP contribution is 2.02. The molecule has 1 aliphatic rings. The predicted molar refractivity (Wildman–Crippen MR) is 64.6 cm³/mol. The van der Waals surface area contributed by atoms with Crippen LogP contribution in [0, 0.1) is 0 Å². The van der Waals surface area contributed by atoms with Gasteiger partial charge in [-0.1, -0.05) is 25.6 Å². The van der Waals surface area contributed by atoms with E-state index >= 15 is 0 Å². The minimum absolute atomic E-state index is 0.618. The second kappa shape index (κ2) is 6.32. The number of piperazine rings is 1. The van der Waals surface area contributed by atoms with Gasteiger partial charge in [0.1, 0.15) is 0 Å². The SMILES string of the molecule is CCCCN1CCN(CC(N)=S)CC1. The summed E-state index contributed by atoms with van der Waals surface area (Å²) >= 11 is 4.90. The summed E-state index contributed by atoms with van der Waals surface area (Å²) in [5.74, 6) is 0. The first-order valence-electron chi connectivity index (χ1n) is 5.45. The molecule has 0 aromatic rings. The summed E-state index contributed by atoms with van der Waals surface area (Å²) in [7, 11) is 0. The highest BCUT2D eigenvalue weighted by molar-refractivity contribution is 7.80. The van der Waals surface area contributed by atoms with Gasteiger partial charge in [-0.2, -0.15) is 0 Å². The lowest BCUT2D eigenvalue weighted by Gasteiger charge is -2.34. The van der Waals surface area contributed by atoms with Crippen molar-refractivity contribution in [3.05, 3.63) is 0 Å². The second-order valence-corrected chi connectivity index (χ2v) is 4.46. The van der Waals surface area contributed by atoms with Gasteiger partial charge in [0, 0.05) is 32.7 Å². The van der Waals surface area contributed by atoms with E-state index in [4.69, 9.17) is 18.0 Å². The molecule has 0 spiro atoms. The number of nitrogens with two attached hydrogens (primary N) is 1. The number of hydrogen-bond acceptors (Lipinski definition) is 3. The van der Waals surface area contributed by atoms with Crippen molar-refractivity contribution in [3.8, 4) is 0 Å². The van der Waals surface area contributed by atoms with Crippen LogP contribution in [0.2, 0.25) is 0 Å². The van der Waals surface area contributed by atoms with Crippen LogP contribution in [0.3, 0.4) is 0 Å². The third-order valence-corrected chi connectivity index (χ3v) is 2.80. The van der Waals surface area contributed by atoms with Crippen molar-refractivity contribution in [3.63, 3.8) is 0 Å². The van der Waals surface area contributed by atoms with Crippen LogP contribution >= 0.6 is 12.2 Å². The molecule has 0 amide bonds. The maximum Gasteiger partial charge on any atom is 0.0870 e. The Morgan fingerprint density at radius 3 is 2.29 bits per heavy atom. The first-order chi connectivity index (χ1) is 6.72. The van der Waals surface area contributed by atoms with Crippen molar-refractivity contribution in [1.82, 2.24) is 9.80 Å². The molecule has 1 aliphatic heterocycles. The van der Waals surface area contributed by atoms with Crippen LogP contribution in [0.15, 0.2) is 0 Å². The van der Waals surface area contributed by atoms with Gasteiger partial charge in [-0.15, -0.1) is 0 Å². The maximum absolute atomic E-state index is 5.51. The smallest absolute Gasteiger partial charge is 0.0870 e. The minimum Gasteiger partial charge on any atom is -0.392 e. The zero-order chi connectivity index (χ0) is 10.4. The fraction of sp³-hybridized carbons (Fsp3) is 0.900. The van der Waals surface area contributed by atoms with Crippen LogP contribution in [-0.4, -0.2) is 54.1 Å². The molecule has 1 fully saturated rings. The summed E-state index contributed by atoms with van der Waals surface area (Å²) in [4.78, 5) is 5.48. The van der Waals surface area contributed by atoms with Crippen LogP contribution in [0.5, 0.6) is 0 Å². The van der Waals surface area contributed by atoms with Gasteiger partial charge in [-0.3, -0.25) is 4.90 Å². The van der Waals surface area contributed by atoms with E-state index in [1.54, 1.807) is 0 Å². The summed E-state index contributed by atoms with van der Waals surface area (Å²) in [6.07, 6.45) is 2.60. The Hall–Kier alpha value is -0.190. The molecule has 0 aromatic carbocycles. The summed E-state index contributed by atoms with van der Waals surface area (Å²) in [5.41, 5.74) is 5.51. The van der Waals surface area contributed by atoms with Crippen LogP contribution in [0.4, 0.5) is 0 Å². The Bertz CT molecular complexity index is 176. The molecule has 2 N–H and O–H groups in total. The Kier molecular flexibility index (Phi) is 5.37. The van der Waals surface area contributed by atoms with E-state index in [-0.39, 0.29) is 0 Å². The third-order valence-electron chi connectivity index (χ3n) is 2.67. The number of thiocarbonyl (C=S) groups is 1. The van der Waals surface area contributed by atoms with Gasteiger partial charge >= 0.3 is 0 Å². The van der Waals surface area contributed by atoms with Gasteiger partial charge in [0.15, 0.2) is 0 Å². The molecule has 3 nitrogen and oxygen atoms in total. The average molecular weight is 215 g/mol. The quantitative estimate of drug-likeness (QED) is 0.684. The van der Waals surface area contributed by atoms with Gasteiger partial charge in [-0.25, -0.2) is 0 Å². The van der Waals surface area contributed by atoms with Crippen molar-refractivity contribution < 1.29 is 0 Å². The Morgan fingerprint density at radius 2 is 1.79 bits per heavy atom. The first kappa shape index (κ1) is 11.9. The molecule has 0 aliphatic carbocycles. The topological polar surface area (TPSA) is 32.5 Å². The van der Waals surface area contributed by atoms with E-state index in [0.29, 0.717) is 4.99 Å². The highest BCUT2D eigenvalue weighted by Gasteiger charge is 2.15. The van der Waals surface area contributed by atoms with Gasteiger partial charge in [0.25, 0.3) is 0 Å². The van der Waals surface area contributed by atoms with Crippen molar-refractivity contribution in [2.75, 3.05) is 39.3 Å². The molecule has 0 radical (unpaired) electrons. The maximum atomic E-state index is 5.51. The zero-order valence-corrected chi connectivity index (χ0v) is 9.85. The molecule has 0 aromatic heterocycles. The number of rotatable bonds is 5. The lowest BCUT2D eigenvalue weighted by atomic mass is 10.2. The monoisotopic (exact) mass is 215 g/mol. The van der Waals surface area contributed by atoms with Gasteiger partial charge in [0.2, 0.25) is 0 Å². The molecule has 1 saturated heterocycles. The van der Waals surface area contributed by atoms with E-state index in [1.807, 2.05) is 0 Å². The fourth-order valence-electron chi connectivity index (χ4n) is 1.77. The summed E-state index contributed by atoms with van der Waals surface area (Å²) in [5, 5.41) is 0. The number of nitrogens with zero attached hydrogens (tertiary/aromatic N) is 2. The Morgan fingerprint density at radius 1 is 1.21 bits per heavy atom. The van der Waals surface area contributed by atoms with E-state index in [1.165, 1.54) is 32.5 Å². The average Bonchev–Trinajstić information content (AvgIpc) is 2.16. The molecule has 0 unspecified atom stereocenters. The molecule has 0 bridgehead atoms. The van der Waals surface area contributed by atoms with E-state index < -0.39 is 0 Å². The highest BCUT2D eigenvalue weighted by atomic mass is 32.1. The van der Waals surface area contributed by atoms with Gasteiger partial charge in [0.05, 0.1) is 4.99 Å². The van der Waals surface area contributed by atoms with Crippen LogP contribution < -0.4 is 5.73 Å². The molecule has 14 heavy (non-hydrogen) atoms.